The van der Waals surface area contributed by atoms with E-state index >= 15 is 0 Å². The van der Waals surface area contributed by atoms with Crippen LogP contribution in [-0.2, 0) is 0 Å². The normalized spacial score (nSPS) is 17.3. The minimum Gasteiger partial charge on any atom is -0.364 e. The standard InChI is InChI=1S/C10H12ClN3O/c1-6-12-8(11)7(5-15)9(13-6)14-10(2)3-4-10/h5H,3-4H2,1-2H3,(H,12,13,14). The largest absolute Gasteiger partial charge is 0.364 e. The molecule has 1 aromatic rings. The molecule has 1 aromatic heterocycles. The molecule has 1 fully saturated rings. The molecule has 80 valence electrons. The van der Waals surface area contributed by atoms with Crippen LogP contribution in [0.3, 0.4) is 0 Å². The maximum absolute atomic E-state index is 10.9. The van der Waals surface area contributed by atoms with E-state index in [0.717, 1.165) is 12.8 Å². The van der Waals surface area contributed by atoms with Gasteiger partial charge < -0.3 is 5.32 Å². The second-order valence-electron chi connectivity index (χ2n) is 4.13. The smallest absolute Gasteiger partial charge is 0.156 e. The quantitative estimate of drug-likeness (QED) is 0.633. The average molecular weight is 226 g/mol. The molecular formula is C10H12ClN3O. The molecule has 0 bridgehead atoms. The first-order chi connectivity index (χ1) is 7.04. The summed E-state index contributed by atoms with van der Waals surface area (Å²) in [5.41, 5.74) is 0.414. The molecule has 0 saturated heterocycles. The molecule has 5 heteroatoms. The van der Waals surface area contributed by atoms with E-state index in [2.05, 4.69) is 22.2 Å². The first kappa shape index (κ1) is 10.4. The molecule has 1 aliphatic rings. The SMILES string of the molecule is Cc1nc(Cl)c(C=O)c(NC2(C)CC2)n1. The van der Waals surface area contributed by atoms with Gasteiger partial charge in [0, 0.05) is 5.54 Å². The summed E-state index contributed by atoms with van der Waals surface area (Å²) >= 11 is 5.86. The van der Waals surface area contributed by atoms with Crippen LogP contribution in [0.5, 0.6) is 0 Å². The molecular weight excluding hydrogens is 214 g/mol. The molecule has 0 aliphatic heterocycles. The van der Waals surface area contributed by atoms with Gasteiger partial charge in [0.1, 0.15) is 16.8 Å². The minimum atomic E-state index is 0.0713. The number of hydrogen-bond acceptors (Lipinski definition) is 4. The lowest BCUT2D eigenvalue weighted by Gasteiger charge is -2.14. The van der Waals surface area contributed by atoms with Crippen LogP contribution in [0, 0.1) is 6.92 Å². The molecule has 0 atom stereocenters. The third kappa shape index (κ3) is 2.09. The molecule has 0 spiro atoms. The predicted octanol–water partition coefficient (Wildman–Crippen LogP) is 2.22. The lowest BCUT2D eigenvalue weighted by atomic mass is 10.2. The highest BCUT2D eigenvalue weighted by atomic mass is 35.5. The van der Waals surface area contributed by atoms with E-state index < -0.39 is 0 Å². The molecule has 0 aromatic carbocycles. The van der Waals surface area contributed by atoms with Crippen LogP contribution in [0.1, 0.15) is 35.9 Å². The van der Waals surface area contributed by atoms with Crippen molar-refractivity contribution in [1.29, 1.82) is 0 Å². The fraction of sp³-hybridized carbons (Fsp3) is 0.500. The number of nitrogens with one attached hydrogen (secondary N) is 1. The number of hydrogen-bond donors (Lipinski definition) is 1. The fourth-order valence-corrected chi connectivity index (χ4v) is 1.60. The second-order valence-corrected chi connectivity index (χ2v) is 4.49. The highest BCUT2D eigenvalue weighted by molar-refractivity contribution is 6.32. The van der Waals surface area contributed by atoms with E-state index in [1.165, 1.54) is 0 Å². The maximum Gasteiger partial charge on any atom is 0.156 e. The molecule has 0 amide bonds. The van der Waals surface area contributed by atoms with Gasteiger partial charge in [-0.3, -0.25) is 4.79 Å². The zero-order valence-corrected chi connectivity index (χ0v) is 9.43. The molecule has 0 unspecified atom stereocenters. The van der Waals surface area contributed by atoms with Gasteiger partial charge >= 0.3 is 0 Å². The van der Waals surface area contributed by atoms with Gasteiger partial charge in [0.15, 0.2) is 6.29 Å². The van der Waals surface area contributed by atoms with Gasteiger partial charge in [-0.1, -0.05) is 11.6 Å². The summed E-state index contributed by atoms with van der Waals surface area (Å²) in [5, 5.41) is 3.44. The first-order valence-corrected chi connectivity index (χ1v) is 5.19. The van der Waals surface area contributed by atoms with Gasteiger partial charge in [-0.05, 0) is 26.7 Å². The Morgan fingerprint density at radius 2 is 2.13 bits per heavy atom. The Balaban J connectivity index is 2.39. The van der Waals surface area contributed by atoms with Gasteiger partial charge in [0.2, 0.25) is 0 Å². The fourth-order valence-electron chi connectivity index (χ4n) is 1.35. The Hall–Kier alpha value is -1.16. The van der Waals surface area contributed by atoms with Crippen molar-refractivity contribution in [3.8, 4) is 0 Å². The summed E-state index contributed by atoms with van der Waals surface area (Å²) in [6.07, 6.45) is 2.87. The van der Waals surface area contributed by atoms with Gasteiger partial charge in [-0.15, -0.1) is 0 Å². The van der Waals surface area contributed by atoms with Crippen LogP contribution >= 0.6 is 11.6 Å². The first-order valence-electron chi connectivity index (χ1n) is 4.81. The van der Waals surface area contributed by atoms with Crippen molar-refractivity contribution in [2.24, 2.45) is 0 Å². The van der Waals surface area contributed by atoms with E-state index in [1.807, 2.05) is 0 Å². The summed E-state index contributed by atoms with van der Waals surface area (Å²) < 4.78 is 0. The van der Waals surface area contributed by atoms with Crippen molar-refractivity contribution in [3.05, 3.63) is 16.5 Å². The monoisotopic (exact) mass is 225 g/mol. The zero-order chi connectivity index (χ0) is 11.1. The van der Waals surface area contributed by atoms with Crippen LogP contribution in [0.4, 0.5) is 5.82 Å². The lowest BCUT2D eigenvalue weighted by Crippen LogP contribution is -2.19. The van der Waals surface area contributed by atoms with Crippen molar-refractivity contribution in [2.45, 2.75) is 32.2 Å². The van der Waals surface area contributed by atoms with Crippen molar-refractivity contribution in [2.75, 3.05) is 5.32 Å². The zero-order valence-electron chi connectivity index (χ0n) is 8.67. The highest BCUT2D eigenvalue weighted by Gasteiger charge is 2.38. The van der Waals surface area contributed by atoms with Crippen LogP contribution < -0.4 is 5.32 Å². The highest BCUT2D eigenvalue weighted by Crippen LogP contribution is 2.38. The second kappa shape index (κ2) is 3.45. The molecule has 1 aliphatic carbocycles. The Labute approximate surface area is 93.1 Å². The Morgan fingerprint density at radius 1 is 1.47 bits per heavy atom. The van der Waals surface area contributed by atoms with Gasteiger partial charge in [-0.25, -0.2) is 9.97 Å². The number of carbonyl (C=O) groups excluding carboxylic acids is 1. The summed E-state index contributed by atoms with van der Waals surface area (Å²) in [6, 6.07) is 0. The summed E-state index contributed by atoms with van der Waals surface area (Å²) in [4.78, 5) is 19.0. The number of aromatic nitrogens is 2. The third-order valence-corrected chi connectivity index (χ3v) is 2.84. The Morgan fingerprint density at radius 3 is 2.67 bits per heavy atom. The molecule has 1 N–H and O–H groups in total. The number of aldehydes is 1. The molecule has 2 rings (SSSR count). The number of anilines is 1. The average Bonchev–Trinajstić information content (AvgIpc) is 2.82. The third-order valence-electron chi connectivity index (χ3n) is 2.55. The summed E-state index contributed by atoms with van der Waals surface area (Å²) in [6.45, 7) is 3.84. The van der Waals surface area contributed by atoms with E-state index in [1.54, 1.807) is 6.92 Å². The molecule has 0 radical (unpaired) electrons. The van der Waals surface area contributed by atoms with Crippen molar-refractivity contribution in [3.63, 3.8) is 0 Å². The van der Waals surface area contributed by atoms with Gasteiger partial charge in [0.05, 0.1) is 5.56 Å². The number of carbonyl (C=O) groups is 1. The summed E-state index contributed by atoms with van der Waals surface area (Å²) in [5.74, 6) is 1.11. The topological polar surface area (TPSA) is 54.9 Å². The van der Waals surface area contributed by atoms with E-state index in [9.17, 15) is 4.79 Å². The predicted molar refractivity (Wildman–Crippen MR) is 58.4 cm³/mol. The van der Waals surface area contributed by atoms with Crippen LogP contribution in [0.25, 0.3) is 0 Å². The Kier molecular flexibility index (Phi) is 2.38. The van der Waals surface area contributed by atoms with Crippen LogP contribution in [-0.4, -0.2) is 21.8 Å². The molecule has 15 heavy (non-hydrogen) atoms. The minimum absolute atomic E-state index is 0.0713. The van der Waals surface area contributed by atoms with Gasteiger partial charge in [0.25, 0.3) is 0 Å². The maximum atomic E-state index is 10.9. The number of rotatable bonds is 3. The van der Waals surface area contributed by atoms with Crippen LogP contribution in [0.2, 0.25) is 5.15 Å². The van der Waals surface area contributed by atoms with Crippen LogP contribution in [0.15, 0.2) is 0 Å². The number of nitrogens with zero attached hydrogens (tertiary/aromatic N) is 2. The Bertz CT molecular complexity index is 415. The number of aryl methyl sites for hydroxylation is 1. The summed E-state index contributed by atoms with van der Waals surface area (Å²) in [7, 11) is 0. The number of halogens is 1. The van der Waals surface area contributed by atoms with Crippen molar-refractivity contribution >= 4 is 23.7 Å². The lowest BCUT2D eigenvalue weighted by molar-refractivity contribution is 0.112. The molecule has 1 saturated carbocycles. The molecule has 1 heterocycles. The van der Waals surface area contributed by atoms with Gasteiger partial charge in [-0.2, -0.15) is 0 Å². The van der Waals surface area contributed by atoms with E-state index in [4.69, 9.17) is 11.6 Å². The van der Waals surface area contributed by atoms with E-state index in [-0.39, 0.29) is 10.7 Å². The molecule has 4 nitrogen and oxygen atoms in total. The van der Waals surface area contributed by atoms with Crippen molar-refractivity contribution < 1.29 is 4.79 Å². The van der Waals surface area contributed by atoms with E-state index in [0.29, 0.717) is 23.5 Å². The van der Waals surface area contributed by atoms with Crippen molar-refractivity contribution in [1.82, 2.24) is 9.97 Å².